The summed E-state index contributed by atoms with van der Waals surface area (Å²) in [5.74, 6) is -3.05. The third kappa shape index (κ3) is 4.17. The second-order valence-corrected chi connectivity index (χ2v) is 4.20. The average Bonchev–Trinajstić information content (AvgIpc) is 2.43. The summed E-state index contributed by atoms with van der Waals surface area (Å²) in [6.07, 6.45) is -4.10. The van der Waals surface area contributed by atoms with E-state index in [4.69, 9.17) is 9.84 Å². The van der Waals surface area contributed by atoms with Crippen molar-refractivity contribution < 1.29 is 32.6 Å². The lowest BCUT2D eigenvalue weighted by atomic mass is 10.0. The summed E-state index contributed by atoms with van der Waals surface area (Å²) in [7, 11) is 0. The normalized spacial score (nSPS) is 12.8. The van der Waals surface area contributed by atoms with Crippen LogP contribution in [0.4, 0.5) is 13.2 Å². The van der Waals surface area contributed by atoms with Crippen LogP contribution in [0.5, 0.6) is 5.88 Å². The van der Waals surface area contributed by atoms with Crippen LogP contribution in [0, 0.1) is 0 Å². The number of Topliss-reactive ketones (excluding diaryl/α,β-unsaturated/α-hetero) is 1. The Kier molecular flexibility index (Phi) is 5.86. The molecule has 1 heterocycles. The van der Waals surface area contributed by atoms with Crippen LogP contribution in [0.3, 0.4) is 0 Å². The fourth-order valence-electron chi connectivity index (χ4n) is 1.68. The number of hydrogen-bond donors (Lipinski definition) is 2. The van der Waals surface area contributed by atoms with Crippen molar-refractivity contribution in [3.05, 3.63) is 23.4 Å². The average molecular weight is 320 g/mol. The number of nitrogens with one attached hydrogen (secondary N) is 1. The van der Waals surface area contributed by atoms with Crippen molar-refractivity contribution >= 4 is 11.8 Å². The fraction of sp³-hybridized carbons (Fsp3) is 0.462. The van der Waals surface area contributed by atoms with Crippen LogP contribution in [0.15, 0.2) is 12.3 Å². The SMILES string of the molecule is CCNC(C(=O)OCC)C(=O)c1cnc(O)c(C(F)(F)F)c1. The predicted octanol–water partition coefficient (Wildman–Crippen LogP) is 1.53. The molecule has 0 aliphatic rings. The second-order valence-electron chi connectivity index (χ2n) is 4.20. The summed E-state index contributed by atoms with van der Waals surface area (Å²) in [6.45, 7) is 3.41. The van der Waals surface area contributed by atoms with Gasteiger partial charge in [0.05, 0.1) is 6.61 Å². The summed E-state index contributed by atoms with van der Waals surface area (Å²) in [6, 6.07) is -0.980. The molecule has 0 amide bonds. The van der Waals surface area contributed by atoms with Gasteiger partial charge in [-0.05, 0) is 19.5 Å². The fourth-order valence-corrected chi connectivity index (χ4v) is 1.68. The van der Waals surface area contributed by atoms with Crippen molar-refractivity contribution in [1.82, 2.24) is 10.3 Å². The molecule has 1 unspecified atom stereocenters. The highest BCUT2D eigenvalue weighted by atomic mass is 19.4. The van der Waals surface area contributed by atoms with E-state index in [0.29, 0.717) is 6.07 Å². The largest absolute Gasteiger partial charge is 0.493 e. The van der Waals surface area contributed by atoms with Crippen LogP contribution in [0.1, 0.15) is 29.8 Å². The molecule has 1 aromatic rings. The minimum absolute atomic E-state index is 0.0234. The zero-order valence-electron chi connectivity index (χ0n) is 11.9. The highest BCUT2D eigenvalue weighted by molar-refractivity contribution is 6.12. The number of rotatable bonds is 6. The van der Waals surface area contributed by atoms with E-state index in [1.54, 1.807) is 6.92 Å². The summed E-state index contributed by atoms with van der Waals surface area (Å²) < 4.78 is 42.8. The predicted molar refractivity (Wildman–Crippen MR) is 69.3 cm³/mol. The minimum Gasteiger partial charge on any atom is -0.493 e. The van der Waals surface area contributed by atoms with Gasteiger partial charge in [0.1, 0.15) is 5.56 Å². The van der Waals surface area contributed by atoms with Gasteiger partial charge in [-0.3, -0.25) is 10.1 Å². The van der Waals surface area contributed by atoms with Gasteiger partial charge in [0.2, 0.25) is 5.88 Å². The number of alkyl halides is 3. The Hall–Kier alpha value is -2.16. The van der Waals surface area contributed by atoms with E-state index in [0.717, 1.165) is 6.20 Å². The number of ketones is 1. The molecule has 1 aromatic heterocycles. The molecule has 0 aliphatic heterocycles. The van der Waals surface area contributed by atoms with E-state index in [1.165, 1.54) is 6.92 Å². The molecule has 0 aliphatic carbocycles. The molecule has 9 heteroatoms. The van der Waals surface area contributed by atoms with Crippen molar-refractivity contribution in [2.75, 3.05) is 13.2 Å². The molecule has 0 spiro atoms. The zero-order valence-corrected chi connectivity index (χ0v) is 11.9. The highest BCUT2D eigenvalue weighted by Gasteiger charge is 2.37. The molecule has 1 atom stereocenters. The Balaban J connectivity index is 3.17. The lowest BCUT2D eigenvalue weighted by Crippen LogP contribution is -2.44. The highest BCUT2D eigenvalue weighted by Crippen LogP contribution is 2.34. The molecular weight excluding hydrogens is 305 g/mol. The third-order valence-electron chi connectivity index (χ3n) is 2.65. The van der Waals surface area contributed by atoms with E-state index in [9.17, 15) is 22.8 Å². The van der Waals surface area contributed by atoms with E-state index < -0.39 is 41.0 Å². The molecule has 0 radical (unpaired) electrons. The number of halogens is 3. The van der Waals surface area contributed by atoms with Crippen molar-refractivity contribution in [2.45, 2.75) is 26.1 Å². The van der Waals surface area contributed by atoms with Gasteiger partial charge in [-0.15, -0.1) is 0 Å². The quantitative estimate of drug-likeness (QED) is 0.469. The Labute approximate surface area is 124 Å². The van der Waals surface area contributed by atoms with Gasteiger partial charge < -0.3 is 9.84 Å². The number of hydrogen-bond acceptors (Lipinski definition) is 6. The van der Waals surface area contributed by atoms with Gasteiger partial charge in [-0.25, -0.2) is 9.78 Å². The van der Waals surface area contributed by atoms with Crippen molar-refractivity contribution in [1.29, 1.82) is 0 Å². The Morgan fingerprint density at radius 2 is 2.05 bits per heavy atom. The number of pyridine rings is 1. The van der Waals surface area contributed by atoms with E-state index >= 15 is 0 Å². The van der Waals surface area contributed by atoms with Crippen molar-refractivity contribution in [2.24, 2.45) is 0 Å². The van der Waals surface area contributed by atoms with Crippen molar-refractivity contribution in [3.63, 3.8) is 0 Å². The van der Waals surface area contributed by atoms with Gasteiger partial charge in [-0.2, -0.15) is 13.2 Å². The molecule has 22 heavy (non-hydrogen) atoms. The van der Waals surface area contributed by atoms with Gasteiger partial charge >= 0.3 is 12.1 Å². The summed E-state index contributed by atoms with van der Waals surface area (Å²) in [4.78, 5) is 27.0. The van der Waals surface area contributed by atoms with Crippen LogP contribution in [-0.2, 0) is 15.7 Å². The first-order valence-corrected chi connectivity index (χ1v) is 6.42. The maximum atomic E-state index is 12.7. The monoisotopic (exact) mass is 320 g/mol. The smallest absolute Gasteiger partial charge is 0.421 e. The number of esters is 1. The Bertz CT molecular complexity index is 561. The number of carbonyl (C=O) groups is 2. The van der Waals surface area contributed by atoms with E-state index in [1.807, 2.05) is 0 Å². The Morgan fingerprint density at radius 3 is 2.55 bits per heavy atom. The van der Waals surface area contributed by atoms with Gasteiger partial charge in [-0.1, -0.05) is 6.92 Å². The van der Waals surface area contributed by atoms with Crippen LogP contribution >= 0.6 is 0 Å². The molecule has 122 valence electrons. The number of aromatic hydroxyl groups is 1. The number of nitrogens with zero attached hydrogens (tertiary/aromatic N) is 1. The van der Waals surface area contributed by atoms with Crippen LogP contribution < -0.4 is 5.32 Å². The van der Waals surface area contributed by atoms with Gasteiger partial charge in [0.15, 0.2) is 11.8 Å². The van der Waals surface area contributed by atoms with Crippen LogP contribution in [0.25, 0.3) is 0 Å². The molecular formula is C13H15F3N2O4. The minimum atomic E-state index is -4.87. The van der Waals surface area contributed by atoms with Crippen LogP contribution in [-0.4, -0.2) is 41.0 Å². The lowest BCUT2D eigenvalue weighted by Gasteiger charge is -2.16. The molecule has 0 bridgehead atoms. The molecule has 0 saturated heterocycles. The first-order valence-electron chi connectivity index (χ1n) is 6.42. The third-order valence-corrected chi connectivity index (χ3v) is 2.65. The number of likely N-dealkylation sites (N-methyl/N-ethyl adjacent to an activating group) is 1. The lowest BCUT2D eigenvalue weighted by molar-refractivity contribution is -0.144. The van der Waals surface area contributed by atoms with E-state index in [-0.39, 0.29) is 13.2 Å². The number of ether oxygens (including phenoxy) is 1. The summed E-state index contributed by atoms with van der Waals surface area (Å²) in [5.41, 5.74) is -1.90. The second kappa shape index (κ2) is 7.21. The number of aromatic nitrogens is 1. The maximum Gasteiger partial charge on any atom is 0.421 e. The molecule has 0 aromatic carbocycles. The molecule has 1 rings (SSSR count). The molecule has 0 saturated carbocycles. The summed E-state index contributed by atoms with van der Waals surface area (Å²) >= 11 is 0. The standard InChI is InChI=1S/C13H15F3N2O4/c1-3-17-9(12(21)22-4-2)10(19)7-5-8(13(14,15)16)11(20)18-6-7/h5-6,9,17H,3-4H2,1-2H3,(H,18,20). The first-order chi connectivity index (χ1) is 10.2. The zero-order chi connectivity index (χ0) is 16.9. The molecule has 6 nitrogen and oxygen atoms in total. The van der Waals surface area contributed by atoms with Crippen molar-refractivity contribution in [3.8, 4) is 5.88 Å². The first kappa shape index (κ1) is 17.9. The summed E-state index contributed by atoms with van der Waals surface area (Å²) in [5, 5.41) is 11.7. The Morgan fingerprint density at radius 1 is 1.41 bits per heavy atom. The maximum absolute atomic E-state index is 12.7. The van der Waals surface area contributed by atoms with Gasteiger partial charge in [0.25, 0.3) is 0 Å². The topological polar surface area (TPSA) is 88.5 Å². The molecule has 0 fully saturated rings. The number of carbonyl (C=O) groups excluding carboxylic acids is 2. The van der Waals surface area contributed by atoms with E-state index in [2.05, 4.69) is 10.3 Å². The van der Waals surface area contributed by atoms with Crippen LogP contribution in [0.2, 0.25) is 0 Å². The molecule has 2 N–H and O–H groups in total. The van der Waals surface area contributed by atoms with Gasteiger partial charge in [0, 0.05) is 11.8 Å².